The van der Waals surface area contributed by atoms with E-state index in [1.165, 1.54) is 0 Å². The Labute approximate surface area is 207 Å². The Morgan fingerprint density at radius 2 is 1.79 bits per heavy atom. The maximum absolute atomic E-state index is 12.8. The molecule has 0 aliphatic heterocycles. The zero-order chi connectivity index (χ0) is 24.1. The smallest absolute Gasteiger partial charge is 0.266 e. The Morgan fingerprint density at radius 3 is 2.59 bits per heavy atom. The zero-order valence-corrected chi connectivity index (χ0v) is 20.5. The van der Waals surface area contributed by atoms with Crippen LogP contribution in [0.1, 0.15) is 22.3 Å². The fourth-order valence-corrected chi connectivity index (χ4v) is 4.04. The van der Waals surface area contributed by atoms with Gasteiger partial charge in [-0.1, -0.05) is 64.5 Å². The first-order valence-electron chi connectivity index (χ1n) is 10.8. The summed E-state index contributed by atoms with van der Waals surface area (Å²) in [5.74, 6) is 0.119. The van der Waals surface area contributed by atoms with E-state index < -0.39 is 5.91 Å². The molecule has 34 heavy (non-hydrogen) atoms. The molecule has 4 aromatic rings. The molecule has 4 rings (SSSR count). The predicted molar refractivity (Wildman–Crippen MR) is 141 cm³/mol. The van der Waals surface area contributed by atoms with Gasteiger partial charge in [-0.2, -0.15) is 5.26 Å². The van der Waals surface area contributed by atoms with Crippen LogP contribution < -0.4 is 10.1 Å². The third-order valence-corrected chi connectivity index (χ3v) is 6.16. The van der Waals surface area contributed by atoms with E-state index in [2.05, 4.69) is 39.4 Å². The van der Waals surface area contributed by atoms with E-state index in [-0.39, 0.29) is 5.57 Å². The number of halogens is 1. The van der Waals surface area contributed by atoms with E-state index in [1.54, 1.807) is 6.08 Å². The van der Waals surface area contributed by atoms with Gasteiger partial charge in [-0.05, 0) is 77.7 Å². The molecule has 0 atom stereocenters. The summed E-state index contributed by atoms with van der Waals surface area (Å²) in [6.07, 6.45) is 1.56. The molecule has 0 bridgehead atoms. The van der Waals surface area contributed by atoms with Crippen LogP contribution in [0, 0.1) is 25.2 Å². The van der Waals surface area contributed by atoms with Crippen LogP contribution in [0.15, 0.2) is 88.9 Å². The van der Waals surface area contributed by atoms with E-state index in [0.717, 1.165) is 31.9 Å². The number of nitrogens with zero attached hydrogens (tertiary/aromatic N) is 1. The number of aryl methyl sites for hydroxylation is 2. The summed E-state index contributed by atoms with van der Waals surface area (Å²) in [4.78, 5) is 12.8. The van der Waals surface area contributed by atoms with Crippen LogP contribution in [0.5, 0.6) is 5.75 Å². The molecule has 0 aliphatic rings. The van der Waals surface area contributed by atoms with Gasteiger partial charge in [-0.3, -0.25) is 4.79 Å². The molecule has 0 saturated carbocycles. The lowest BCUT2D eigenvalue weighted by Gasteiger charge is -2.12. The Morgan fingerprint density at radius 1 is 1.00 bits per heavy atom. The highest BCUT2D eigenvalue weighted by Crippen LogP contribution is 2.28. The molecule has 0 heterocycles. The van der Waals surface area contributed by atoms with Crippen LogP contribution >= 0.6 is 15.9 Å². The number of hydrogen-bond acceptors (Lipinski definition) is 3. The van der Waals surface area contributed by atoms with Gasteiger partial charge in [0.1, 0.15) is 24.0 Å². The van der Waals surface area contributed by atoms with Gasteiger partial charge < -0.3 is 10.1 Å². The number of hydrogen-bond donors (Lipinski definition) is 1. The molecule has 5 heteroatoms. The molecule has 0 saturated heterocycles. The lowest BCUT2D eigenvalue weighted by molar-refractivity contribution is -0.112. The number of nitrogens with one attached hydrogen (secondary N) is 1. The van der Waals surface area contributed by atoms with Crippen LogP contribution in [0.4, 0.5) is 5.69 Å². The van der Waals surface area contributed by atoms with Gasteiger partial charge in [0.05, 0.1) is 0 Å². The molecule has 4 aromatic carbocycles. The number of ether oxygens (including phenoxy) is 1. The summed E-state index contributed by atoms with van der Waals surface area (Å²) in [6, 6.07) is 27.5. The summed E-state index contributed by atoms with van der Waals surface area (Å²) in [5.41, 5.74) is 4.54. The zero-order valence-electron chi connectivity index (χ0n) is 18.9. The highest BCUT2D eigenvalue weighted by molar-refractivity contribution is 9.10. The maximum atomic E-state index is 12.8. The van der Waals surface area contributed by atoms with Crippen LogP contribution in [-0.4, -0.2) is 5.91 Å². The summed E-state index contributed by atoms with van der Waals surface area (Å²) in [7, 11) is 0. The molecule has 4 nitrogen and oxygen atoms in total. The quantitative estimate of drug-likeness (QED) is 0.218. The molecule has 1 amide bonds. The van der Waals surface area contributed by atoms with Crippen molar-refractivity contribution in [2.24, 2.45) is 0 Å². The SMILES string of the molecule is Cc1ccc(NC(=O)/C(C#N)=C/c2cc(Br)ccc2OCc2cccc3ccccc23)cc1C. The first-order valence-corrected chi connectivity index (χ1v) is 11.6. The van der Waals surface area contributed by atoms with Crippen molar-refractivity contribution in [3.05, 3.63) is 111 Å². The highest BCUT2D eigenvalue weighted by Gasteiger charge is 2.13. The lowest BCUT2D eigenvalue weighted by Crippen LogP contribution is -2.13. The van der Waals surface area contributed by atoms with Crippen molar-refractivity contribution in [3.63, 3.8) is 0 Å². The highest BCUT2D eigenvalue weighted by atomic mass is 79.9. The number of amides is 1. The van der Waals surface area contributed by atoms with Crippen molar-refractivity contribution < 1.29 is 9.53 Å². The average Bonchev–Trinajstić information content (AvgIpc) is 2.84. The van der Waals surface area contributed by atoms with Gasteiger partial charge in [0, 0.05) is 15.7 Å². The Hall–Kier alpha value is -3.88. The monoisotopic (exact) mass is 510 g/mol. The molecule has 0 unspecified atom stereocenters. The Kier molecular flexibility index (Phi) is 7.10. The predicted octanol–water partition coefficient (Wildman–Crippen LogP) is 7.34. The van der Waals surface area contributed by atoms with Crippen molar-refractivity contribution in [2.75, 3.05) is 5.32 Å². The molecule has 0 radical (unpaired) electrons. The molecule has 1 N–H and O–H groups in total. The third-order valence-electron chi connectivity index (χ3n) is 5.66. The van der Waals surface area contributed by atoms with Crippen molar-refractivity contribution in [2.45, 2.75) is 20.5 Å². The minimum absolute atomic E-state index is 0.00802. The van der Waals surface area contributed by atoms with Gasteiger partial charge in [0.2, 0.25) is 0 Å². The first-order chi connectivity index (χ1) is 16.4. The molecule has 0 spiro atoms. The van der Waals surface area contributed by atoms with Crippen molar-refractivity contribution in [1.82, 2.24) is 0 Å². The fraction of sp³-hybridized carbons (Fsp3) is 0.103. The van der Waals surface area contributed by atoms with Crippen molar-refractivity contribution >= 4 is 44.4 Å². The van der Waals surface area contributed by atoms with Gasteiger partial charge in [0.15, 0.2) is 0 Å². The number of rotatable bonds is 6. The number of fused-ring (bicyclic) bond motifs is 1. The number of nitriles is 1. The van der Waals surface area contributed by atoms with Gasteiger partial charge in [-0.15, -0.1) is 0 Å². The second-order valence-electron chi connectivity index (χ2n) is 8.03. The largest absolute Gasteiger partial charge is 0.488 e. The van der Waals surface area contributed by atoms with Crippen LogP contribution in [0.3, 0.4) is 0 Å². The van der Waals surface area contributed by atoms with Gasteiger partial charge >= 0.3 is 0 Å². The molecular formula is C29H23BrN2O2. The molecule has 0 aromatic heterocycles. The first kappa shape index (κ1) is 23.3. The molecule has 0 aliphatic carbocycles. The third kappa shape index (κ3) is 5.36. The number of carbonyl (C=O) groups is 1. The summed E-state index contributed by atoms with van der Waals surface area (Å²) >= 11 is 3.47. The fourth-order valence-electron chi connectivity index (χ4n) is 3.66. The number of carbonyl (C=O) groups excluding carboxylic acids is 1. The van der Waals surface area contributed by atoms with Crippen LogP contribution in [0.25, 0.3) is 16.8 Å². The second-order valence-corrected chi connectivity index (χ2v) is 8.95. The van der Waals surface area contributed by atoms with Crippen molar-refractivity contribution in [1.29, 1.82) is 5.26 Å². The van der Waals surface area contributed by atoms with Crippen molar-refractivity contribution in [3.8, 4) is 11.8 Å². The minimum atomic E-state index is -0.467. The van der Waals surface area contributed by atoms with Crippen LogP contribution in [0.2, 0.25) is 0 Å². The normalized spacial score (nSPS) is 11.2. The van der Waals surface area contributed by atoms with E-state index in [4.69, 9.17) is 4.74 Å². The molecule has 168 valence electrons. The van der Waals surface area contributed by atoms with E-state index in [9.17, 15) is 10.1 Å². The Bertz CT molecular complexity index is 1450. The van der Waals surface area contributed by atoms with E-state index >= 15 is 0 Å². The summed E-state index contributed by atoms with van der Waals surface area (Å²) in [6.45, 7) is 4.35. The van der Waals surface area contributed by atoms with E-state index in [0.29, 0.717) is 23.6 Å². The number of anilines is 1. The van der Waals surface area contributed by atoms with Gasteiger partial charge in [0.25, 0.3) is 5.91 Å². The maximum Gasteiger partial charge on any atom is 0.266 e. The lowest BCUT2D eigenvalue weighted by atomic mass is 10.1. The summed E-state index contributed by atoms with van der Waals surface area (Å²) < 4.78 is 6.97. The standard InChI is InChI=1S/C29H23BrN2O2/c1-19-10-12-26(14-20(19)2)32-29(33)24(17-31)15-23-16-25(30)11-13-28(23)34-18-22-8-5-7-21-6-3-4-9-27(21)22/h3-16H,18H2,1-2H3,(H,32,33)/b24-15+. The minimum Gasteiger partial charge on any atom is -0.488 e. The number of benzene rings is 4. The topological polar surface area (TPSA) is 62.1 Å². The van der Waals surface area contributed by atoms with Crippen LogP contribution in [-0.2, 0) is 11.4 Å². The Balaban J connectivity index is 1.59. The average molecular weight is 511 g/mol. The molecular weight excluding hydrogens is 488 g/mol. The van der Waals surface area contributed by atoms with Gasteiger partial charge in [-0.25, -0.2) is 0 Å². The molecule has 0 fully saturated rings. The summed E-state index contributed by atoms with van der Waals surface area (Å²) in [5, 5.41) is 14.8. The van der Waals surface area contributed by atoms with E-state index in [1.807, 2.05) is 80.6 Å². The second kappa shape index (κ2) is 10.4.